The van der Waals surface area contributed by atoms with Gasteiger partial charge in [0.15, 0.2) is 0 Å². The van der Waals surface area contributed by atoms with Crippen LogP contribution in [0.1, 0.15) is 19.8 Å². The second kappa shape index (κ2) is 12.5. The molecule has 0 aromatic heterocycles. The van der Waals surface area contributed by atoms with E-state index >= 15 is 0 Å². The lowest BCUT2D eigenvalue weighted by atomic mass is 10.2. The maximum absolute atomic E-state index is 5.39. The average Bonchev–Trinajstić information content (AvgIpc) is 2.71. The molecule has 1 fully saturated rings. The minimum absolute atomic E-state index is 0. The highest BCUT2D eigenvalue weighted by molar-refractivity contribution is 5.85. The van der Waals surface area contributed by atoms with Crippen molar-refractivity contribution in [3.8, 4) is 0 Å². The van der Waals surface area contributed by atoms with Crippen molar-refractivity contribution in [2.75, 3.05) is 53.0 Å². The van der Waals surface area contributed by atoms with Gasteiger partial charge < -0.3 is 15.4 Å². The van der Waals surface area contributed by atoms with Gasteiger partial charge in [-0.05, 0) is 33.0 Å². The molecule has 18 heavy (non-hydrogen) atoms. The molecule has 0 spiro atoms. The minimum atomic E-state index is 0. The molecule has 1 aliphatic heterocycles. The molecule has 2 N–H and O–H groups in total. The van der Waals surface area contributed by atoms with E-state index in [4.69, 9.17) is 10.5 Å². The number of hydrogen-bond acceptors (Lipinski definition) is 4. The Balaban J connectivity index is 0. The van der Waals surface area contributed by atoms with Crippen LogP contribution >= 0.6 is 24.8 Å². The number of nitrogens with two attached hydrogens (primary N) is 1. The second-order valence-electron chi connectivity index (χ2n) is 4.59. The van der Waals surface area contributed by atoms with Crippen LogP contribution < -0.4 is 5.73 Å². The Bertz CT molecular complexity index is 187. The topological polar surface area (TPSA) is 41.7 Å². The maximum atomic E-state index is 5.39. The van der Waals surface area contributed by atoms with Gasteiger partial charge in [0.1, 0.15) is 0 Å². The molecule has 112 valence electrons. The summed E-state index contributed by atoms with van der Waals surface area (Å²) in [6, 6.07) is 0.754. The molecular formula is C12H29Cl2N3O. The number of hydrogen-bond donors (Lipinski definition) is 1. The van der Waals surface area contributed by atoms with Crippen LogP contribution in [0.15, 0.2) is 0 Å². The molecule has 0 radical (unpaired) electrons. The van der Waals surface area contributed by atoms with Crippen molar-refractivity contribution in [2.24, 2.45) is 5.73 Å². The maximum Gasteiger partial charge on any atom is 0.0593 e. The normalized spacial score (nSPS) is 19.7. The van der Waals surface area contributed by atoms with E-state index in [2.05, 4.69) is 23.8 Å². The molecule has 1 unspecified atom stereocenters. The first-order chi connectivity index (χ1) is 7.77. The van der Waals surface area contributed by atoms with Crippen molar-refractivity contribution >= 4 is 24.8 Å². The van der Waals surface area contributed by atoms with Gasteiger partial charge in [0, 0.05) is 25.7 Å². The third kappa shape index (κ3) is 7.77. The molecule has 6 heteroatoms. The summed E-state index contributed by atoms with van der Waals surface area (Å²) in [6.07, 6.45) is 2.71. The predicted octanol–water partition coefficient (Wildman–Crippen LogP) is 1.22. The summed E-state index contributed by atoms with van der Waals surface area (Å²) in [5.41, 5.74) is 5.37. The molecule has 1 saturated heterocycles. The number of likely N-dealkylation sites (tertiary alicyclic amines) is 1. The third-order valence-electron chi connectivity index (χ3n) is 3.31. The molecule has 0 saturated carbocycles. The van der Waals surface area contributed by atoms with E-state index in [1.54, 1.807) is 0 Å². The molecule has 1 rings (SSSR count). The number of ether oxygens (including phenoxy) is 1. The summed E-state index contributed by atoms with van der Waals surface area (Å²) in [5.74, 6) is 0. The lowest BCUT2D eigenvalue weighted by Gasteiger charge is -2.27. The number of nitrogens with zero attached hydrogens (tertiary/aromatic N) is 2. The van der Waals surface area contributed by atoms with Crippen LogP contribution in [0.5, 0.6) is 0 Å². The van der Waals surface area contributed by atoms with E-state index in [1.807, 2.05) is 0 Å². The van der Waals surface area contributed by atoms with Gasteiger partial charge >= 0.3 is 0 Å². The molecule has 0 bridgehead atoms. The Kier molecular flexibility index (Phi) is 14.3. The van der Waals surface area contributed by atoms with Crippen molar-refractivity contribution in [1.82, 2.24) is 9.80 Å². The predicted molar refractivity (Wildman–Crippen MR) is 82.1 cm³/mol. The Morgan fingerprint density at radius 2 is 2.06 bits per heavy atom. The van der Waals surface area contributed by atoms with Crippen LogP contribution in [0.3, 0.4) is 0 Å². The molecule has 1 heterocycles. The van der Waals surface area contributed by atoms with Gasteiger partial charge in [0.05, 0.1) is 13.2 Å². The summed E-state index contributed by atoms with van der Waals surface area (Å²) in [4.78, 5) is 4.95. The SMILES string of the molecule is CCN1CCCC1CN(C)CCOCCN.Cl.Cl. The van der Waals surface area contributed by atoms with Gasteiger partial charge in [0.2, 0.25) is 0 Å². The molecule has 0 amide bonds. The quantitative estimate of drug-likeness (QED) is 0.685. The molecular weight excluding hydrogens is 273 g/mol. The van der Waals surface area contributed by atoms with E-state index < -0.39 is 0 Å². The van der Waals surface area contributed by atoms with Gasteiger partial charge in [0.25, 0.3) is 0 Å². The van der Waals surface area contributed by atoms with E-state index in [0.717, 1.165) is 19.2 Å². The Morgan fingerprint density at radius 1 is 1.33 bits per heavy atom. The van der Waals surface area contributed by atoms with Crippen LogP contribution in [0.25, 0.3) is 0 Å². The summed E-state index contributed by atoms with van der Waals surface area (Å²) in [7, 11) is 2.18. The zero-order valence-electron chi connectivity index (χ0n) is 11.6. The fourth-order valence-corrected chi connectivity index (χ4v) is 2.38. The Labute approximate surface area is 124 Å². The second-order valence-corrected chi connectivity index (χ2v) is 4.59. The van der Waals surface area contributed by atoms with Crippen molar-refractivity contribution in [1.29, 1.82) is 0 Å². The van der Waals surface area contributed by atoms with E-state index in [9.17, 15) is 0 Å². The van der Waals surface area contributed by atoms with Crippen molar-refractivity contribution in [3.63, 3.8) is 0 Å². The standard InChI is InChI=1S/C12H27N3O.2ClH/c1-3-15-7-4-5-12(15)11-14(2)8-10-16-9-6-13;;/h12H,3-11,13H2,1-2H3;2*1H. The molecule has 0 aliphatic carbocycles. The number of rotatable bonds is 8. The highest BCUT2D eigenvalue weighted by Crippen LogP contribution is 2.16. The van der Waals surface area contributed by atoms with Crippen LogP contribution in [-0.4, -0.2) is 68.8 Å². The van der Waals surface area contributed by atoms with Gasteiger partial charge in [-0.25, -0.2) is 0 Å². The minimum Gasteiger partial charge on any atom is -0.379 e. The fourth-order valence-electron chi connectivity index (χ4n) is 2.38. The van der Waals surface area contributed by atoms with Gasteiger partial charge in [-0.1, -0.05) is 6.92 Å². The first-order valence-corrected chi connectivity index (χ1v) is 6.48. The van der Waals surface area contributed by atoms with Gasteiger partial charge in [-0.15, -0.1) is 24.8 Å². The summed E-state index contributed by atoms with van der Waals surface area (Å²) >= 11 is 0. The van der Waals surface area contributed by atoms with Crippen LogP contribution in [-0.2, 0) is 4.74 Å². The molecule has 0 aromatic rings. The van der Waals surface area contributed by atoms with Crippen LogP contribution in [0.4, 0.5) is 0 Å². The monoisotopic (exact) mass is 301 g/mol. The average molecular weight is 302 g/mol. The number of halogens is 2. The van der Waals surface area contributed by atoms with Gasteiger partial charge in [-0.3, -0.25) is 4.90 Å². The highest BCUT2D eigenvalue weighted by atomic mass is 35.5. The summed E-state index contributed by atoms with van der Waals surface area (Å²) in [5, 5.41) is 0. The lowest BCUT2D eigenvalue weighted by molar-refractivity contribution is 0.107. The van der Waals surface area contributed by atoms with E-state index in [0.29, 0.717) is 13.2 Å². The lowest BCUT2D eigenvalue weighted by Crippen LogP contribution is -2.39. The first kappa shape index (κ1) is 20.7. The zero-order valence-corrected chi connectivity index (χ0v) is 13.3. The summed E-state index contributed by atoms with van der Waals surface area (Å²) < 4.78 is 5.39. The zero-order chi connectivity index (χ0) is 11.8. The van der Waals surface area contributed by atoms with E-state index in [1.165, 1.54) is 32.5 Å². The molecule has 4 nitrogen and oxygen atoms in total. The van der Waals surface area contributed by atoms with Crippen molar-refractivity contribution in [3.05, 3.63) is 0 Å². The van der Waals surface area contributed by atoms with Crippen molar-refractivity contribution in [2.45, 2.75) is 25.8 Å². The highest BCUT2D eigenvalue weighted by Gasteiger charge is 2.23. The van der Waals surface area contributed by atoms with Crippen LogP contribution in [0.2, 0.25) is 0 Å². The summed E-state index contributed by atoms with van der Waals surface area (Å²) in [6.45, 7) is 8.98. The molecule has 1 aliphatic rings. The third-order valence-corrected chi connectivity index (χ3v) is 3.31. The van der Waals surface area contributed by atoms with Crippen molar-refractivity contribution < 1.29 is 4.74 Å². The van der Waals surface area contributed by atoms with Gasteiger partial charge in [-0.2, -0.15) is 0 Å². The Hall–Kier alpha value is 0.420. The van der Waals surface area contributed by atoms with Crippen LogP contribution in [0, 0.1) is 0 Å². The van der Waals surface area contributed by atoms with E-state index in [-0.39, 0.29) is 24.8 Å². The Morgan fingerprint density at radius 3 is 2.67 bits per heavy atom. The molecule has 1 atom stereocenters. The number of likely N-dealkylation sites (N-methyl/N-ethyl adjacent to an activating group) is 2. The largest absolute Gasteiger partial charge is 0.379 e. The smallest absolute Gasteiger partial charge is 0.0593 e. The molecule has 0 aromatic carbocycles. The fraction of sp³-hybridized carbons (Fsp3) is 1.00. The first-order valence-electron chi connectivity index (χ1n) is 6.48.